The molecular weight excluding hydrogens is 256 g/mol. The van der Waals surface area contributed by atoms with E-state index in [1.807, 2.05) is 6.92 Å². The molecule has 118 valence electrons. The zero-order valence-corrected chi connectivity index (χ0v) is 13.4. The minimum absolute atomic E-state index is 0.163. The highest BCUT2D eigenvalue weighted by atomic mass is 16.5. The Morgan fingerprint density at radius 3 is 2.40 bits per heavy atom. The fourth-order valence-corrected chi connectivity index (χ4v) is 2.65. The maximum atomic E-state index is 12.4. The number of nitrogens with one attached hydrogen (secondary N) is 1. The van der Waals surface area contributed by atoms with Gasteiger partial charge in [-0.1, -0.05) is 13.8 Å². The normalized spacial score (nSPS) is 18.1. The zero-order chi connectivity index (χ0) is 15.0. The number of hydrogen-bond donors (Lipinski definition) is 1. The van der Waals surface area contributed by atoms with Crippen LogP contribution in [0.15, 0.2) is 0 Å². The lowest BCUT2D eigenvalue weighted by Crippen LogP contribution is -2.59. The number of esters is 1. The number of nitrogens with zero attached hydrogens (tertiary/aromatic N) is 1. The van der Waals surface area contributed by atoms with Gasteiger partial charge in [0.05, 0.1) is 13.2 Å². The number of carbonyl (C=O) groups excluding carboxylic acids is 1. The number of likely N-dealkylation sites (N-methyl/N-ethyl adjacent to an activating group) is 1. The lowest BCUT2D eigenvalue weighted by atomic mass is 9.94. The average molecular weight is 286 g/mol. The maximum Gasteiger partial charge on any atom is 0.329 e. The largest absolute Gasteiger partial charge is 0.465 e. The second-order valence-corrected chi connectivity index (χ2v) is 5.35. The summed E-state index contributed by atoms with van der Waals surface area (Å²) in [5.41, 5.74) is -0.655. The molecule has 0 aliphatic heterocycles. The van der Waals surface area contributed by atoms with E-state index in [0.717, 1.165) is 39.0 Å². The van der Waals surface area contributed by atoms with Crippen LogP contribution in [0.4, 0.5) is 0 Å². The van der Waals surface area contributed by atoms with E-state index >= 15 is 0 Å². The quantitative estimate of drug-likeness (QED) is 0.580. The standard InChI is InChI=1S/C15H30N2O3/c1-5-17(6-2)11-10-16-15(12-19-4,13-8-9-13)14(18)20-7-3/h13,16H,5-12H2,1-4H3. The van der Waals surface area contributed by atoms with Crippen molar-refractivity contribution < 1.29 is 14.3 Å². The van der Waals surface area contributed by atoms with Gasteiger partial charge in [-0.3, -0.25) is 5.32 Å². The third-order valence-electron chi connectivity index (χ3n) is 4.05. The summed E-state index contributed by atoms with van der Waals surface area (Å²) < 4.78 is 10.6. The molecular formula is C15H30N2O3. The van der Waals surface area contributed by atoms with Crippen LogP contribution in [0.3, 0.4) is 0 Å². The van der Waals surface area contributed by atoms with Crippen molar-refractivity contribution in [1.82, 2.24) is 10.2 Å². The average Bonchev–Trinajstić information content (AvgIpc) is 3.27. The Labute approximate surface area is 123 Å². The second kappa shape index (κ2) is 8.60. The molecule has 0 aromatic rings. The first-order valence-corrected chi connectivity index (χ1v) is 7.78. The third-order valence-corrected chi connectivity index (χ3v) is 4.05. The summed E-state index contributed by atoms with van der Waals surface area (Å²) in [7, 11) is 1.64. The van der Waals surface area contributed by atoms with Crippen LogP contribution < -0.4 is 5.32 Å². The van der Waals surface area contributed by atoms with Gasteiger partial charge in [-0.05, 0) is 38.8 Å². The van der Waals surface area contributed by atoms with E-state index in [9.17, 15) is 4.79 Å². The Balaban J connectivity index is 2.64. The number of rotatable bonds is 11. The Kier molecular flexibility index (Phi) is 7.48. The molecule has 1 saturated carbocycles. The summed E-state index contributed by atoms with van der Waals surface area (Å²) in [6.45, 7) is 10.7. The fraction of sp³-hybridized carbons (Fsp3) is 0.933. The fourth-order valence-electron chi connectivity index (χ4n) is 2.65. The number of carbonyl (C=O) groups is 1. The van der Waals surface area contributed by atoms with Gasteiger partial charge < -0.3 is 14.4 Å². The van der Waals surface area contributed by atoms with Crippen LogP contribution in [0.2, 0.25) is 0 Å². The first-order valence-electron chi connectivity index (χ1n) is 7.78. The van der Waals surface area contributed by atoms with Gasteiger partial charge in [0.15, 0.2) is 0 Å². The number of methoxy groups -OCH3 is 1. The molecule has 5 nitrogen and oxygen atoms in total. The highest BCUT2D eigenvalue weighted by Gasteiger charge is 2.51. The second-order valence-electron chi connectivity index (χ2n) is 5.35. The molecule has 1 rings (SSSR count). The molecule has 1 unspecified atom stereocenters. The molecule has 0 heterocycles. The smallest absolute Gasteiger partial charge is 0.329 e. The summed E-state index contributed by atoms with van der Waals surface area (Å²) in [5, 5.41) is 3.44. The highest BCUT2D eigenvalue weighted by molar-refractivity contribution is 5.82. The van der Waals surface area contributed by atoms with Crippen LogP contribution in [-0.2, 0) is 14.3 Å². The van der Waals surface area contributed by atoms with Crippen molar-refractivity contribution in [1.29, 1.82) is 0 Å². The van der Waals surface area contributed by atoms with E-state index < -0.39 is 5.54 Å². The Morgan fingerprint density at radius 1 is 1.30 bits per heavy atom. The predicted molar refractivity (Wildman–Crippen MR) is 79.8 cm³/mol. The molecule has 0 radical (unpaired) electrons. The van der Waals surface area contributed by atoms with Gasteiger partial charge >= 0.3 is 5.97 Å². The predicted octanol–water partition coefficient (Wildman–Crippen LogP) is 1.28. The van der Waals surface area contributed by atoms with Crippen LogP contribution in [0.1, 0.15) is 33.6 Å². The Morgan fingerprint density at radius 2 is 1.95 bits per heavy atom. The SMILES string of the molecule is CCOC(=O)C(COC)(NCCN(CC)CC)C1CC1. The van der Waals surface area contributed by atoms with Crippen LogP contribution >= 0.6 is 0 Å². The Bertz CT molecular complexity index is 291. The summed E-state index contributed by atoms with van der Waals surface area (Å²) in [6, 6.07) is 0. The van der Waals surface area contributed by atoms with Gasteiger partial charge in [-0.2, -0.15) is 0 Å². The van der Waals surface area contributed by atoms with Gasteiger partial charge in [-0.15, -0.1) is 0 Å². The van der Waals surface area contributed by atoms with Gasteiger partial charge in [0.1, 0.15) is 5.54 Å². The molecule has 1 aliphatic carbocycles. The monoisotopic (exact) mass is 286 g/mol. The van der Waals surface area contributed by atoms with Crippen LogP contribution in [-0.4, -0.2) is 62.9 Å². The maximum absolute atomic E-state index is 12.4. The summed E-state index contributed by atoms with van der Waals surface area (Å²) >= 11 is 0. The molecule has 0 amide bonds. The van der Waals surface area contributed by atoms with Crippen LogP contribution in [0.25, 0.3) is 0 Å². The van der Waals surface area contributed by atoms with Crippen molar-refractivity contribution in [2.24, 2.45) is 5.92 Å². The van der Waals surface area contributed by atoms with Crippen LogP contribution in [0.5, 0.6) is 0 Å². The summed E-state index contributed by atoms with van der Waals surface area (Å²) in [5.74, 6) is 0.183. The molecule has 1 fully saturated rings. The van der Waals surface area contributed by atoms with E-state index in [1.54, 1.807) is 7.11 Å². The van der Waals surface area contributed by atoms with Gasteiger partial charge in [0.2, 0.25) is 0 Å². The first kappa shape index (κ1) is 17.4. The molecule has 0 aromatic heterocycles. The summed E-state index contributed by atoms with van der Waals surface area (Å²) in [6.07, 6.45) is 2.14. The van der Waals surface area contributed by atoms with Crippen molar-refractivity contribution in [3.05, 3.63) is 0 Å². The highest BCUT2D eigenvalue weighted by Crippen LogP contribution is 2.40. The number of ether oxygens (including phenoxy) is 2. The lowest BCUT2D eigenvalue weighted by Gasteiger charge is -2.33. The van der Waals surface area contributed by atoms with E-state index in [1.165, 1.54) is 0 Å². The molecule has 0 spiro atoms. The van der Waals surface area contributed by atoms with Crippen molar-refractivity contribution >= 4 is 5.97 Å². The third kappa shape index (κ3) is 4.43. The van der Waals surface area contributed by atoms with Crippen molar-refractivity contribution in [3.63, 3.8) is 0 Å². The molecule has 0 saturated heterocycles. The lowest BCUT2D eigenvalue weighted by molar-refractivity contribution is -0.155. The van der Waals surface area contributed by atoms with E-state index in [-0.39, 0.29) is 5.97 Å². The van der Waals surface area contributed by atoms with Gasteiger partial charge in [0, 0.05) is 20.2 Å². The molecule has 0 aromatic carbocycles. The molecule has 1 N–H and O–H groups in total. The molecule has 1 atom stereocenters. The van der Waals surface area contributed by atoms with Gasteiger partial charge in [-0.25, -0.2) is 4.79 Å². The first-order chi connectivity index (χ1) is 9.64. The molecule has 0 bridgehead atoms. The number of hydrogen-bond acceptors (Lipinski definition) is 5. The van der Waals surface area contributed by atoms with E-state index in [4.69, 9.17) is 9.47 Å². The summed E-state index contributed by atoms with van der Waals surface area (Å²) in [4.78, 5) is 14.7. The van der Waals surface area contributed by atoms with E-state index in [0.29, 0.717) is 19.1 Å². The minimum atomic E-state index is -0.655. The molecule has 5 heteroatoms. The van der Waals surface area contributed by atoms with Crippen molar-refractivity contribution in [2.45, 2.75) is 39.2 Å². The molecule has 1 aliphatic rings. The van der Waals surface area contributed by atoms with Crippen LogP contribution in [0, 0.1) is 5.92 Å². The van der Waals surface area contributed by atoms with Gasteiger partial charge in [0.25, 0.3) is 0 Å². The Hall–Kier alpha value is -0.650. The van der Waals surface area contributed by atoms with Crippen molar-refractivity contribution in [2.75, 3.05) is 46.5 Å². The molecule has 20 heavy (non-hydrogen) atoms. The van der Waals surface area contributed by atoms with Crippen molar-refractivity contribution in [3.8, 4) is 0 Å². The minimum Gasteiger partial charge on any atom is -0.465 e. The van der Waals surface area contributed by atoms with E-state index in [2.05, 4.69) is 24.1 Å². The zero-order valence-electron chi connectivity index (χ0n) is 13.4. The topological polar surface area (TPSA) is 50.8 Å².